The number of rotatable bonds is 8. The van der Waals surface area contributed by atoms with Crippen LogP contribution in [-0.2, 0) is 11.4 Å². The zero-order valence-corrected chi connectivity index (χ0v) is 23.9. The zero-order chi connectivity index (χ0) is 28.2. The predicted octanol–water partition coefficient (Wildman–Crippen LogP) is 7.66. The molecule has 0 radical (unpaired) electrons. The van der Waals surface area contributed by atoms with Crippen molar-refractivity contribution < 1.29 is 14.6 Å². The number of nitrogens with zero attached hydrogens (tertiary/aromatic N) is 3. The van der Waals surface area contributed by atoms with E-state index >= 15 is 0 Å². The van der Waals surface area contributed by atoms with Crippen LogP contribution in [0.5, 0.6) is 5.75 Å². The van der Waals surface area contributed by atoms with E-state index in [1.807, 2.05) is 30.3 Å². The zero-order valence-electron chi connectivity index (χ0n) is 23.1. The second-order valence-electron chi connectivity index (χ2n) is 10.6. The molecular formula is C33H33N3O3S. The van der Waals surface area contributed by atoms with Gasteiger partial charge in [-0.05, 0) is 77.8 Å². The summed E-state index contributed by atoms with van der Waals surface area (Å²) in [6.45, 7) is 8.30. The highest BCUT2D eigenvalue weighted by atomic mass is 32.1. The molecule has 1 aromatic heterocycles. The lowest BCUT2D eigenvalue weighted by atomic mass is 9.97. The first-order chi connectivity index (χ1) is 19.3. The van der Waals surface area contributed by atoms with Gasteiger partial charge in [0.1, 0.15) is 12.4 Å². The van der Waals surface area contributed by atoms with Gasteiger partial charge in [-0.3, -0.25) is 4.79 Å². The molecule has 0 unspecified atom stereocenters. The van der Waals surface area contributed by atoms with Crippen molar-refractivity contribution in [3.63, 3.8) is 0 Å². The van der Waals surface area contributed by atoms with Crippen LogP contribution in [0, 0.1) is 24.2 Å². The van der Waals surface area contributed by atoms with Gasteiger partial charge in [-0.1, -0.05) is 50.2 Å². The summed E-state index contributed by atoms with van der Waals surface area (Å²) < 4.78 is 6.41. The van der Waals surface area contributed by atoms with Gasteiger partial charge in [-0.15, -0.1) is 11.3 Å². The number of carboxylic acid groups (broad SMARTS) is 1. The van der Waals surface area contributed by atoms with Gasteiger partial charge in [0.05, 0.1) is 23.2 Å². The molecule has 7 heteroatoms. The Morgan fingerprint density at radius 2 is 1.82 bits per heavy atom. The van der Waals surface area contributed by atoms with Crippen molar-refractivity contribution in [1.29, 1.82) is 5.26 Å². The standard InChI is InChI=1S/C33H33N3O3S/c1-21(2)26-10-11-31(29(17-26)30-20-40-33(35-30)36-14-12-25(13-15-36)32(37)38)39-19-28-9-8-27(16-22(28)3)24-6-4-23(18-34)5-7-24/h4-11,16-17,20-21,25H,12-15,19H2,1-3H3,(H,37,38). The Bertz CT molecular complexity index is 1540. The summed E-state index contributed by atoms with van der Waals surface area (Å²) in [4.78, 5) is 18.5. The first kappa shape index (κ1) is 27.4. The number of carbonyl (C=O) groups is 1. The molecule has 0 atom stereocenters. The molecule has 4 aromatic rings. The number of carboxylic acids is 1. The fourth-order valence-corrected chi connectivity index (χ4v) is 5.89. The van der Waals surface area contributed by atoms with E-state index in [0.29, 0.717) is 44.0 Å². The molecule has 2 heterocycles. The van der Waals surface area contributed by atoms with Crippen LogP contribution in [0.2, 0.25) is 0 Å². The Balaban J connectivity index is 1.35. The lowest BCUT2D eigenvalue weighted by Gasteiger charge is -2.29. The minimum atomic E-state index is -0.703. The van der Waals surface area contributed by atoms with Crippen LogP contribution in [0.3, 0.4) is 0 Å². The molecule has 3 aromatic carbocycles. The molecule has 0 aliphatic carbocycles. The van der Waals surface area contributed by atoms with Crippen molar-refractivity contribution in [3.8, 4) is 34.2 Å². The van der Waals surface area contributed by atoms with Gasteiger partial charge in [0, 0.05) is 24.0 Å². The first-order valence-corrected chi connectivity index (χ1v) is 14.5. The maximum Gasteiger partial charge on any atom is 0.306 e. The van der Waals surface area contributed by atoms with Gasteiger partial charge in [0.25, 0.3) is 0 Å². The van der Waals surface area contributed by atoms with E-state index in [2.05, 4.69) is 67.5 Å². The fraction of sp³-hybridized carbons (Fsp3) is 0.303. The number of benzene rings is 3. The molecule has 6 nitrogen and oxygen atoms in total. The third kappa shape index (κ3) is 6.03. The fourth-order valence-electron chi connectivity index (χ4n) is 5.01. The van der Waals surface area contributed by atoms with Gasteiger partial charge in [-0.25, -0.2) is 4.98 Å². The summed E-state index contributed by atoms with van der Waals surface area (Å²) in [5, 5.41) is 21.4. The van der Waals surface area contributed by atoms with E-state index in [1.165, 1.54) is 5.56 Å². The van der Waals surface area contributed by atoms with Gasteiger partial charge >= 0.3 is 5.97 Å². The molecule has 0 amide bonds. The normalized spacial score (nSPS) is 13.8. The summed E-state index contributed by atoms with van der Waals surface area (Å²) in [7, 11) is 0. The average Bonchev–Trinajstić information content (AvgIpc) is 3.47. The van der Waals surface area contributed by atoms with Crippen molar-refractivity contribution in [2.75, 3.05) is 18.0 Å². The molecule has 1 saturated heterocycles. The summed E-state index contributed by atoms with van der Waals surface area (Å²) in [5.41, 5.74) is 8.16. The molecule has 1 N–H and O–H groups in total. The quantitative estimate of drug-likeness (QED) is 0.242. The topological polar surface area (TPSA) is 86.5 Å². The minimum Gasteiger partial charge on any atom is -0.488 e. The lowest BCUT2D eigenvalue weighted by Crippen LogP contribution is -2.36. The molecule has 1 fully saturated rings. The summed E-state index contributed by atoms with van der Waals surface area (Å²) in [6.07, 6.45) is 1.29. The highest BCUT2D eigenvalue weighted by Crippen LogP contribution is 2.37. The minimum absolute atomic E-state index is 0.264. The van der Waals surface area contributed by atoms with Crippen LogP contribution in [0.1, 0.15) is 54.9 Å². The molecule has 40 heavy (non-hydrogen) atoms. The highest BCUT2D eigenvalue weighted by Gasteiger charge is 2.26. The van der Waals surface area contributed by atoms with Crippen molar-refractivity contribution in [2.45, 2.75) is 46.1 Å². The maximum absolute atomic E-state index is 11.3. The SMILES string of the molecule is Cc1cc(-c2ccc(C#N)cc2)ccc1COc1ccc(C(C)C)cc1-c1csc(N2CCC(C(=O)O)CC2)n1. The maximum atomic E-state index is 11.3. The molecule has 5 rings (SSSR count). The number of hydrogen-bond donors (Lipinski definition) is 1. The average molecular weight is 552 g/mol. The summed E-state index contributed by atoms with van der Waals surface area (Å²) in [6, 6.07) is 22.5. The van der Waals surface area contributed by atoms with Crippen molar-refractivity contribution in [1.82, 2.24) is 4.98 Å². The number of anilines is 1. The van der Waals surface area contributed by atoms with E-state index < -0.39 is 5.97 Å². The van der Waals surface area contributed by atoms with Gasteiger partial charge in [0.15, 0.2) is 5.13 Å². The van der Waals surface area contributed by atoms with Gasteiger partial charge in [0.2, 0.25) is 0 Å². The van der Waals surface area contributed by atoms with Crippen LogP contribution >= 0.6 is 11.3 Å². The van der Waals surface area contributed by atoms with E-state index in [0.717, 1.165) is 44.4 Å². The van der Waals surface area contributed by atoms with Crippen LogP contribution in [0.4, 0.5) is 5.13 Å². The van der Waals surface area contributed by atoms with E-state index in [4.69, 9.17) is 15.0 Å². The van der Waals surface area contributed by atoms with Crippen molar-refractivity contribution >= 4 is 22.4 Å². The molecule has 1 aliphatic rings. The van der Waals surface area contributed by atoms with Crippen LogP contribution in [0.25, 0.3) is 22.4 Å². The van der Waals surface area contributed by atoms with Crippen molar-refractivity contribution in [3.05, 3.63) is 88.3 Å². The monoisotopic (exact) mass is 551 g/mol. The van der Waals surface area contributed by atoms with Gasteiger partial charge in [-0.2, -0.15) is 5.26 Å². The first-order valence-electron chi connectivity index (χ1n) is 13.6. The smallest absolute Gasteiger partial charge is 0.306 e. The lowest BCUT2D eigenvalue weighted by molar-refractivity contribution is -0.142. The number of aromatic nitrogens is 1. The molecule has 0 spiro atoms. The van der Waals surface area contributed by atoms with Crippen molar-refractivity contribution in [2.24, 2.45) is 5.92 Å². The second-order valence-corrected chi connectivity index (χ2v) is 11.5. The van der Waals surface area contributed by atoms with E-state index in [1.54, 1.807) is 11.3 Å². The van der Waals surface area contributed by atoms with Gasteiger partial charge < -0.3 is 14.7 Å². The van der Waals surface area contributed by atoms with Crippen LogP contribution in [-0.4, -0.2) is 29.1 Å². The number of aryl methyl sites for hydroxylation is 1. The molecule has 1 aliphatic heterocycles. The van der Waals surface area contributed by atoms with E-state index in [-0.39, 0.29) is 5.92 Å². The Kier molecular flexibility index (Phi) is 8.18. The number of nitriles is 1. The third-order valence-electron chi connectivity index (χ3n) is 7.63. The largest absolute Gasteiger partial charge is 0.488 e. The Morgan fingerprint density at radius 3 is 2.48 bits per heavy atom. The third-order valence-corrected chi connectivity index (χ3v) is 8.53. The molecule has 0 saturated carbocycles. The summed E-state index contributed by atoms with van der Waals surface area (Å²) >= 11 is 1.60. The van der Waals surface area contributed by atoms with Crippen LogP contribution in [0.15, 0.2) is 66.0 Å². The number of thiazole rings is 1. The Hall–Kier alpha value is -4.15. The Morgan fingerprint density at radius 1 is 1.10 bits per heavy atom. The second kappa shape index (κ2) is 11.9. The highest BCUT2D eigenvalue weighted by molar-refractivity contribution is 7.14. The predicted molar refractivity (Wildman–Crippen MR) is 160 cm³/mol. The molecule has 0 bridgehead atoms. The number of hydrogen-bond acceptors (Lipinski definition) is 6. The number of aliphatic carboxylic acids is 1. The van der Waals surface area contributed by atoms with E-state index in [9.17, 15) is 9.90 Å². The van der Waals surface area contributed by atoms with Crippen LogP contribution < -0.4 is 9.64 Å². The molecular weight excluding hydrogens is 518 g/mol. The number of piperidine rings is 1. The Labute approximate surface area is 239 Å². The number of ether oxygens (including phenoxy) is 1. The molecule has 204 valence electrons. The summed E-state index contributed by atoms with van der Waals surface area (Å²) in [5.74, 6) is 0.199.